The minimum Gasteiger partial charge on any atom is -0.504 e. The van der Waals surface area contributed by atoms with Crippen molar-refractivity contribution in [2.24, 2.45) is 5.92 Å². The number of ether oxygens (including phenoxy) is 3. The summed E-state index contributed by atoms with van der Waals surface area (Å²) >= 11 is 0. The summed E-state index contributed by atoms with van der Waals surface area (Å²) in [7, 11) is 1.63. The Morgan fingerprint density at radius 2 is 1.65 bits per heavy atom. The summed E-state index contributed by atoms with van der Waals surface area (Å²) < 4.78 is 17.8. The quantitative estimate of drug-likeness (QED) is 0.471. The molecule has 0 N–H and O–H groups in total. The minimum absolute atomic E-state index is 0.345. The fourth-order valence-electron chi connectivity index (χ4n) is 3.62. The van der Waals surface area contributed by atoms with Crippen molar-refractivity contribution in [3.8, 4) is 11.5 Å². The number of allylic oxidation sites excluding steroid dienone is 9. The Kier molecular flexibility index (Phi) is 9.45. The van der Waals surface area contributed by atoms with E-state index in [2.05, 4.69) is 49.4 Å². The van der Waals surface area contributed by atoms with Gasteiger partial charge in [0.2, 0.25) is 0 Å². The van der Waals surface area contributed by atoms with Gasteiger partial charge in [-0.3, -0.25) is 0 Å². The van der Waals surface area contributed by atoms with Gasteiger partial charge in [0.05, 0.1) is 13.4 Å². The highest BCUT2D eigenvalue weighted by atomic mass is 16.5. The maximum absolute atomic E-state index is 6.36. The van der Waals surface area contributed by atoms with Crippen LogP contribution in [0, 0.1) is 5.92 Å². The molecular formula is C28H36O3. The highest BCUT2D eigenvalue weighted by Crippen LogP contribution is 2.46. The van der Waals surface area contributed by atoms with Crippen molar-refractivity contribution in [1.82, 2.24) is 0 Å². The van der Waals surface area contributed by atoms with Crippen LogP contribution in [0.5, 0.6) is 11.5 Å². The van der Waals surface area contributed by atoms with Gasteiger partial charge in [-0.25, -0.2) is 0 Å². The van der Waals surface area contributed by atoms with Gasteiger partial charge >= 0.3 is 0 Å². The van der Waals surface area contributed by atoms with Crippen molar-refractivity contribution < 1.29 is 14.2 Å². The minimum atomic E-state index is 0.345. The molecule has 3 nitrogen and oxygen atoms in total. The van der Waals surface area contributed by atoms with Crippen molar-refractivity contribution >= 4 is 0 Å². The van der Waals surface area contributed by atoms with E-state index in [1.54, 1.807) is 13.4 Å². The molecule has 0 saturated heterocycles. The molecular weight excluding hydrogens is 384 g/mol. The normalized spacial score (nSPS) is 18.6. The first-order valence-electron chi connectivity index (χ1n) is 11.3. The van der Waals surface area contributed by atoms with E-state index in [9.17, 15) is 0 Å². The van der Waals surface area contributed by atoms with Crippen molar-refractivity contribution in [2.45, 2.75) is 54.4 Å². The van der Waals surface area contributed by atoms with Crippen molar-refractivity contribution in [3.63, 3.8) is 0 Å². The van der Waals surface area contributed by atoms with E-state index >= 15 is 0 Å². The van der Waals surface area contributed by atoms with Crippen LogP contribution in [0.15, 0.2) is 83.6 Å². The Labute approximate surface area is 188 Å². The predicted molar refractivity (Wildman–Crippen MR) is 130 cm³/mol. The molecule has 2 heterocycles. The van der Waals surface area contributed by atoms with Crippen LogP contribution in [0.2, 0.25) is 0 Å². The third-order valence-electron chi connectivity index (χ3n) is 4.94. The van der Waals surface area contributed by atoms with E-state index < -0.39 is 0 Å². The Morgan fingerprint density at radius 1 is 0.968 bits per heavy atom. The van der Waals surface area contributed by atoms with E-state index in [-0.39, 0.29) is 0 Å². The first-order valence-corrected chi connectivity index (χ1v) is 11.3. The molecule has 3 aliphatic rings. The molecule has 31 heavy (non-hydrogen) atoms. The monoisotopic (exact) mass is 420 g/mol. The molecule has 3 heteroatoms. The Morgan fingerprint density at radius 3 is 2.32 bits per heavy atom. The van der Waals surface area contributed by atoms with Gasteiger partial charge in [0, 0.05) is 30.0 Å². The summed E-state index contributed by atoms with van der Waals surface area (Å²) in [6, 6.07) is 4.32. The van der Waals surface area contributed by atoms with Crippen LogP contribution in [0.1, 0.15) is 52.7 Å². The van der Waals surface area contributed by atoms with Gasteiger partial charge in [-0.15, -0.1) is 0 Å². The molecule has 0 fully saturated rings. The van der Waals surface area contributed by atoms with E-state index in [4.69, 9.17) is 14.2 Å². The number of rotatable bonds is 3. The van der Waals surface area contributed by atoms with Gasteiger partial charge in [0.25, 0.3) is 0 Å². The summed E-state index contributed by atoms with van der Waals surface area (Å²) in [4.78, 5) is 0. The summed E-state index contributed by atoms with van der Waals surface area (Å²) in [6.07, 6.45) is 17.9. The van der Waals surface area contributed by atoms with E-state index in [0.717, 1.165) is 52.6 Å². The summed E-state index contributed by atoms with van der Waals surface area (Å²) in [5, 5.41) is 0. The highest BCUT2D eigenvalue weighted by molar-refractivity contribution is 5.61. The molecule has 2 aliphatic heterocycles. The van der Waals surface area contributed by atoms with Crippen LogP contribution in [-0.4, -0.2) is 7.11 Å². The third kappa shape index (κ3) is 5.61. The second-order valence-corrected chi connectivity index (χ2v) is 6.99. The Bertz CT molecular complexity index is 939. The smallest absolute Gasteiger partial charge is 0.173 e. The van der Waals surface area contributed by atoms with Crippen molar-refractivity contribution in [1.29, 1.82) is 0 Å². The number of benzene rings is 1. The molecule has 1 aliphatic carbocycles. The van der Waals surface area contributed by atoms with E-state index in [1.165, 1.54) is 5.57 Å². The molecule has 0 amide bonds. The maximum Gasteiger partial charge on any atom is 0.173 e. The zero-order valence-corrected chi connectivity index (χ0v) is 20.0. The zero-order chi connectivity index (χ0) is 22.8. The SMILES string of the molecule is C/C=C\C1=C(/C=C\OC)Oc2c(ccc3c2OC2=CC(C)C=CC=C2C3)C1.CC.CC. The first-order chi connectivity index (χ1) is 15.2. The molecule has 0 radical (unpaired) electrons. The van der Waals surface area contributed by atoms with Crippen LogP contribution in [0.3, 0.4) is 0 Å². The molecule has 0 aromatic heterocycles. The van der Waals surface area contributed by atoms with Gasteiger partial charge in [-0.2, -0.15) is 0 Å². The van der Waals surface area contributed by atoms with Gasteiger partial charge in [-0.1, -0.05) is 77.1 Å². The van der Waals surface area contributed by atoms with Gasteiger partial charge in [0.15, 0.2) is 11.5 Å². The van der Waals surface area contributed by atoms with Crippen LogP contribution < -0.4 is 9.47 Å². The maximum atomic E-state index is 6.36. The lowest BCUT2D eigenvalue weighted by molar-refractivity contribution is 0.329. The number of hydrogen-bond acceptors (Lipinski definition) is 3. The van der Waals surface area contributed by atoms with Gasteiger partial charge in [0.1, 0.15) is 11.5 Å². The zero-order valence-electron chi connectivity index (χ0n) is 20.0. The number of methoxy groups -OCH3 is 1. The Balaban J connectivity index is 0.000000807. The van der Waals surface area contributed by atoms with Crippen LogP contribution in [0.25, 0.3) is 0 Å². The Hall–Kier alpha value is -2.94. The average molecular weight is 421 g/mol. The molecule has 166 valence electrons. The van der Waals surface area contributed by atoms with E-state index in [1.807, 2.05) is 46.8 Å². The molecule has 1 atom stereocenters. The standard InChI is InChI=1S/C24H24O3.2C2H6/c1-4-6-17-14-19-9-10-20-15-18-8-5-7-16(2)13-22(18)27-24(20)23(19)26-21(17)11-12-25-3;2*1-2/h4-13,16H,14-15H2,1-3H3;2*1-2H3/b6-4-,12-11-;;. The topological polar surface area (TPSA) is 27.7 Å². The third-order valence-corrected chi connectivity index (χ3v) is 4.94. The molecule has 1 aromatic rings. The number of hydrogen-bond donors (Lipinski definition) is 0. The predicted octanol–water partition coefficient (Wildman–Crippen LogP) is 7.62. The summed E-state index contributed by atoms with van der Waals surface area (Å²) in [5.74, 6) is 3.74. The van der Waals surface area contributed by atoms with Gasteiger partial charge in [-0.05, 0) is 30.1 Å². The molecule has 0 saturated carbocycles. The fourth-order valence-corrected chi connectivity index (χ4v) is 3.62. The first kappa shape index (κ1) is 24.3. The second kappa shape index (κ2) is 12.0. The fraction of sp³-hybridized carbons (Fsp3) is 0.357. The molecule has 1 unspecified atom stereocenters. The molecule has 0 bridgehead atoms. The summed E-state index contributed by atoms with van der Waals surface area (Å²) in [5.41, 5.74) is 4.64. The summed E-state index contributed by atoms with van der Waals surface area (Å²) in [6.45, 7) is 12.2. The molecule has 4 rings (SSSR count). The second-order valence-electron chi connectivity index (χ2n) is 6.99. The van der Waals surface area contributed by atoms with Crippen molar-refractivity contribution in [3.05, 3.63) is 94.7 Å². The van der Waals surface area contributed by atoms with E-state index in [0.29, 0.717) is 5.92 Å². The number of fused-ring (bicyclic) bond motifs is 4. The highest BCUT2D eigenvalue weighted by Gasteiger charge is 2.28. The average Bonchev–Trinajstić information content (AvgIpc) is 2.99. The lowest BCUT2D eigenvalue weighted by Gasteiger charge is -2.28. The van der Waals surface area contributed by atoms with Crippen molar-refractivity contribution in [2.75, 3.05) is 7.11 Å². The largest absolute Gasteiger partial charge is 0.504 e. The molecule has 1 aromatic carbocycles. The molecule has 0 spiro atoms. The van der Waals surface area contributed by atoms with Crippen LogP contribution in [0.4, 0.5) is 0 Å². The lowest BCUT2D eigenvalue weighted by atomic mass is 9.93. The van der Waals surface area contributed by atoms with Crippen LogP contribution >= 0.6 is 0 Å². The lowest BCUT2D eigenvalue weighted by Crippen LogP contribution is -2.16. The van der Waals surface area contributed by atoms with Crippen LogP contribution in [-0.2, 0) is 17.6 Å². The van der Waals surface area contributed by atoms with Gasteiger partial charge < -0.3 is 14.2 Å².